The third-order valence-electron chi connectivity index (χ3n) is 5.15. The van der Waals surface area contributed by atoms with Crippen LogP contribution < -0.4 is 0 Å². The Balaban J connectivity index is 2.38. The van der Waals surface area contributed by atoms with Crippen molar-refractivity contribution in [1.29, 1.82) is 0 Å². The van der Waals surface area contributed by atoms with Crippen LogP contribution in [-0.2, 0) is 19.1 Å². The second-order valence-corrected chi connectivity index (χ2v) is 6.03. The quantitative estimate of drug-likeness (QED) is 0.442. The van der Waals surface area contributed by atoms with Crippen LogP contribution in [0.1, 0.15) is 32.6 Å². The lowest BCUT2D eigenvalue weighted by molar-refractivity contribution is -0.174. The van der Waals surface area contributed by atoms with Crippen molar-refractivity contribution in [3.8, 4) is 0 Å². The molecule has 2 atom stereocenters. The lowest BCUT2D eigenvalue weighted by Gasteiger charge is -2.49. The van der Waals surface area contributed by atoms with E-state index in [4.69, 9.17) is 9.47 Å². The standard InChI is InChI=1S/C16H22O4/c1-11-6-5-7-12-10-16(13(17)19-3,14(18)20-4)9-8-15(11,12)2/h5,7,12H,1,6,8-10H2,2-4H3/t12-,15+/m1/s1. The van der Waals surface area contributed by atoms with Gasteiger partial charge in [-0.1, -0.05) is 31.2 Å². The van der Waals surface area contributed by atoms with Crippen LogP contribution in [0.15, 0.2) is 24.3 Å². The van der Waals surface area contributed by atoms with E-state index in [-0.39, 0.29) is 11.3 Å². The Morgan fingerprint density at radius 3 is 2.40 bits per heavy atom. The van der Waals surface area contributed by atoms with Gasteiger partial charge in [0.05, 0.1) is 14.2 Å². The van der Waals surface area contributed by atoms with Crippen molar-refractivity contribution in [1.82, 2.24) is 0 Å². The Bertz CT molecular complexity index is 461. The van der Waals surface area contributed by atoms with E-state index in [1.807, 2.05) is 0 Å². The molecule has 4 heteroatoms. The van der Waals surface area contributed by atoms with Gasteiger partial charge in [-0.05, 0) is 37.0 Å². The zero-order valence-electron chi connectivity index (χ0n) is 12.4. The maximum absolute atomic E-state index is 12.2. The summed E-state index contributed by atoms with van der Waals surface area (Å²) in [5, 5.41) is 0. The normalized spacial score (nSPS) is 31.4. The first-order chi connectivity index (χ1) is 9.40. The molecule has 0 N–H and O–H groups in total. The van der Waals surface area contributed by atoms with Crippen molar-refractivity contribution < 1.29 is 19.1 Å². The summed E-state index contributed by atoms with van der Waals surface area (Å²) in [6, 6.07) is 0. The van der Waals surface area contributed by atoms with E-state index in [2.05, 4.69) is 25.7 Å². The molecule has 4 nitrogen and oxygen atoms in total. The summed E-state index contributed by atoms with van der Waals surface area (Å²) in [7, 11) is 2.63. The zero-order valence-corrected chi connectivity index (χ0v) is 12.4. The van der Waals surface area contributed by atoms with Gasteiger partial charge in [0.1, 0.15) is 0 Å². The minimum atomic E-state index is -1.17. The van der Waals surface area contributed by atoms with Gasteiger partial charge in [-0.3, -0.25) is 9.59 Å². The molecule has 2 aliphatic rings. The van der Waals surface area contributed by atoms with Crippen LogP contribution in [-0.4, -0.2) is 26.2 Å². The number of esters is 2. The summed E-state index contributed by atoms with van der Waals surface area (Å²) in [6.07, 6.45) is 6.67. The topological polar surface area (TPSA) is 52.6 Å². The first kappa shape index (κ1) is 14.8. The molecule has 0 spiro atoms. The number of fused-ring (bicyclic) bond motifs is 1. The summed E-state index contributed by atoms with van der Waals surface area (Å²) in [5.41, 5.74) is -0.0380. The fourth-order valence-corrected chi connectivity index (χ4v) is 3.53. The molecule has 0 amide bonds. The van der Waals surface area contributed by atoms with E-state index in [0.717, 1.165) is 12.8 Å². The average Bonchev–Trinajstić information content (AvgIpc) is 2.46. The van der Waals surface area contributed by atoms with Crippen molar-refractivity contribution in [2.75, 3.05) is 14.2 Å². The highest BCUT2D eigenvalue weighted by Gasteiger charge is 2.56. The molecule has 110 valence electrons. The molecular weight excluding hydrogens is 256 g/mol. The molecule has 0 unspecified atom stereocenters. The van der Waals surface area contributed by atoms with Gasteiger partial charge in [-0.25, -0.2) is 0 Å². The highest BCUT2D eigenvalue weighted by molar-refractivity contribution is 6.00. The number of hydrogen-bond donors (Lipinski definition) is 0. The van der Waals surface area contributed by atoms with Gasteiger partial charge >= 0.3 is 11.9 Å². The summed E-state index contributed by atoms with van der Waals surface area (Å²) < 4.78 is 9.74. The average molecular weight is 278 g/mol. The molecular formula is C16H22O4. The highest BCUT2D eigenvalue weighted by atomic mass is 16.5. The summed E-state index contributed by atoms with van der Waals surface area (Å²) >= 11 is 0. The fourth-order valence-electron chi connectivity index (χ4n) is 3.53. The SMILES string of the molecule is C=C1CC=C[C@@H]2CC(C(=O)OC)(C(=O)OC)CC[C@@]12C. The minimum Gasteiger partial charge on any atom is -0.468 e. The molecule has 0 aromatic rings. The van der Waals surface area contributed by atoms with Crippen LogP contribution in [0.2, 0.25) is 0 Å². The van der Waals surface area contributed by atoms with Crippen LogP contribution in [0, 0.1) is 16.7 Å². The van der Waals surface area contributed by atoms with E-state index in [0.29, 0.717) is 12.8 Å². The maximum Gasteiger partial charge on any atom is 0.323 e. The molecule has 0 radical (unpaired) electrons. The predicted octanol–water partition coefficient (Wildman–Crippen LogP) is 2.64. The lowest BCUT2D eigenvalue weighted by atomic mass is 9.54. The number of carbonyl (C=O) groups is 2. The second kappa shape index (κ2) is 5.08. The fraction of sp³-hybridized carbons (Fsp3) is 0.625. The molecule has 20 heavy (non-hydrogen) atoms. The number of carbonyl (C=O) groups excluding carboxylic acids is 2. The molecule has 2 aliphatic carbocycles. The Morgan fingerprint density at radius 1 is 1.25 bits per heavy atom. The van der Waals surface area contributed by atoms with Gasteiger partial charge in [-0.15, -0.1) is 0 Å². The second-order valence-electron chi connectivity index (χ2n) is 6.03. The molecule has 0 aromatic carbocycles. The van der Waals surface area contributed by atoms with Gasteiger partial charge in [0.25, 0.3) is 0 Å². The van der Waals surface area contributed by atoms with E-state index in [1.165, 1.54) is 19.8 Å². The Hall–Kier alpha value is -1.58. The highest BCUT2D eigenvalue weighted by Crippen LogP contribution is 2.55. The monoisotopic (exact) mass is 278 g/mol. The number of methoxy groups -OCH3 is 2. The van der Waals surface area contributed by atoms with E-state index < -0.39 is 17.4 Å². The number of ether oxygens (including phenoxy) is 2. The Morgan fingerprint density at radius 2 is 1.85 bits per heavy atom. The van der Waals surface area contributed by atoms with Crippen molar-refractivity contribution in [2.24, 2.45) is 16.7 Å². The van der Waals surface area contributed by atoms with Gasteiger partial charge in [0.2, 0.25) is 0 Å². The minimum absolute atomic E-state index is 0.0414. The van der Waals surface area contributed by atoms with Crippen molar-refractivity contribution in [3.63, 3.8) is 0 Å². The molecule has 0 saturated heterocycles. The van der Waals surface area contributed by atoms with Crippen LogP contribution >= 0.6 is 0 Å². The van der Waals surface area contributed by atoms with Crippen LogP contribution in [0.5, 0.6) is 0 Å². The summed E-state index contributed by atoms with van der Waals surface area (Å²) in [6.45, 7) is 6.33. The van der Waals surface area contributed by atoms with Crippen molar-refractivity contribution in [2.45, 2.75) is 32.6 Å². The molecule has 0 aliphatic heterocycles. The van der Waals surface area contributed by atoms with Crippen molar-refractivity contribution >= 4 is 11.9 Å². The maximum atomic E-state index is 12.2. The molecule has 1 fully saturated rings. The first-order valence-electron chi connectivity index (χ1n) is 6.92. The molecule has 0 bridgehead atoms. The van der Waals surface area contributed by atoms with E-state index in [9.17, 15) is 9.59 Å². The van der Waals surface area contributed by atoms with E-state index >= 15 is 0 Å². The zero-order chi connectivity index (χ0) is 15.0. The largest absolute Gasteiger partial charge is 0.468 e. The number of hydrogen-bond acceptors (Lipinski definition) is 4. The summed E-state index contributed by atoms with van der Waals surface area (Å²) in [4.78, 5) is 24.4. The third-order valence-corrected chi connectivity index (χ3v) is 5.15. The van der Waals surface area contributed by atoms with Gasteiger partial charge in [-0.2, -0.15) is 0 Å². The third kappa shape index (κ3) is 1.98. The smallest absolute Gasteiger partial charge is 0.323 e. The van der Waals surface area contributed by atoms with Gasteiger partial charge in [0, 0.05) is 0 Å². The lowest BCUT2D eigenvalue weighted by Crippen LogP contribution is -2.50. The Kier molecular flexibility index (Phi) is 3.76. The number of rotatable bonds is 2. The first-order valence-corrected chi connectivity index (χ1v) is 6.92. The van der Waals surface area contributed by atoms with Gasteiger partial charge < -0.3 is 9.47 Å². The molecule has 2 rings (SSSR count). The molecule has 0 aromatic heterocycles. The van der Waals surface area contributed by atoms with Crippen LogP contribution in [0.3, 0.4) is 0 Å². The van der Waals surface area contributed by atoms with Crippen LogP contribution in [0.4, 0.5) is 0 Å². The summed E-state index contributed by atoms with van der Waals surface area (Å²) in [5.74, 6) is -0.859. The van der Waals surface area contributed by atoms with Crippen LogP contribution in [0.25, 0.3) is 0 Å². The Labute approximate surface area is 119 Å². The number of allylic oxidation sites excluding steroid dienone is 3. The molecule has 0 heterocycles. The van der Waals surface area contributed by atoms with Gasteiger partial charge in [0.15, 0.2) is 5.41 Å². The van der Waals surface area contributed by atoms with Crippen molar-refractivity contribution in [3.05, 3.63) is 24.3 Å². The molecule has 1 saturated carbocycles. The van der Waals surface area contributed by atoms with E-state index in [1.54, 1.807) is 0 Å². The predicted molar refractivity (Wildman–Crippen MR) is 74.8 cm³/mol.